The normalized spacial score (nSPS) is 21.3. The number of thiazole rings is 1. The van der Waals surface area contributed by atoms with Gasteiger partial charge in [0.25, 0.3) is 0 Å². The summed E-state index contributed by atoms with van der Waals surface area (Å²) in [6, 6.07) is 15.8. The van der Waals surface area contributed by atoms with Crippen molar-refractivity contribution < 1.29 is 19.0 Å². The number of aromatic nitrogens is 1. The van der Waals surface area contributed by atoms with Crippen molar-refractivity contribution >= 4 is 22.4 Å². The van der Waals surface area contributed by atoms with E-state index in [9.17, 15) is 14.3 Å². The zero-order valence-corrected chi connectivity index (χ0v) is 18.6. The molecule has 1 amide bonds. The van der Waals surface area contributed by atoms with E-state index in [1.54, 1.807) is 25.3 Å². The van der Waals surface area contributed by atoms with Crippen LogP contribution in [0.2, 0.25) is 0 Å². The van der Waals surface area contributed by atoms with Gasteiger partial charge in [-0.25, -0.2) is 9.37 Å². The quantitative estimate of drug-likeness (QED) is 0.568. The van der Waals surface area contributed by atoms with Crippen LogP contribution in [-0.2, 0) is 11.2 Å². The number of carbonyl (C=O) groups excluding carboxylic acids is 1. The highest BCUT2D eigenvalue weighted by atomic mass is 32.1. The lowest BCUT2D eigenvalue weighted by Crippen LogP contribution is -2.58. The maximum Gasteiger partial charge on any atom is 0.240 e. The Balaban J connectivity index is 1.27. The number of hydrogen-bond donors (Lipinski definition) is 2. The number of hydrogen-bond acceptors (Lipinski definition) is 6. The van der Waals surface area contributed by atoms with E-state index in [1.165, 1.54) is 23.5 Å². The van der Waals surface area contributed by atoms with Crippen LogP contribution in [0.3, 0.4) is 0 Å². The molecular formula is C24H26FN3O3S. The van der Waals surface area contributed by atoms with E-state index in [0.29, 0.717) is 31.1 Å². The molecule has 0 unspecified atom stereocenters. The van der Waals surface area contributed by atoms with E-state index < -0.39 is 5.60 Å². The van der Waals surface area contributed by atoms with Gasteiger partial charge in [0.05, 0.1) is 6.54 Å². The molecule has 1 saturated heterocycles. The Labute approximate surface area is 190 Å². The smallest absolute Gasteiger partial charge is 0.240 e. The van der Waals surface area contributed by atoms with Gasteiger partial charge in [-0.3, -0.25) is 9.69 Å². The van der Waals surface area contributed by atoms with Crippen LogP contribution in [0.1, 0.15) is 23.8 Å². The summed E-state index contributed by atoms with van der Waals surface area (Å²) in [5, 5.41) is 14.3. The second-order valence-electron chi connectivity index (χ2n) is 8.26. The van der Waals surface area contributed by atoms with Crippen molar-refractivity contribution in [3.8, 4) is 5.75 Å². The average molecular weight is 456 g/mol. The predicted molar refractivity (Wildman–Crippen MR) is 122 cm³/mol. The summed E-state index contributed by atoms with van der Waals surface area (Å²) in [5.41, 5.74) is -0.0894. The molecule has 2 heterocycles. The van der Waals surface area contributed by atoms with Crippen molar-refractivity contribution in [2.75, 3.05) is 25.0 Å². The Bertz CT molecular complexity index is 1040. The molecule has 0 bridgehead atoms. The highest BCUT2D eigenvalue weighted by molar-refractivity contribution is 7.15. The second kappa shape index (κ2) is 9.77. The van der Waals surface area contributed by atoms with E-state index in [2.05, 4.69) is 10.3 Å². The summed E-state index contributed by atoms with van der Waals surface area (Å²) >= 11 is 1.40. The molecular weight excluding hydrogens is 429 g/mol. The summed E-state index contributed by atoms with van der Waals surface area (Å²) in [7, 11) is 0. The molecule has 6 nitrogen and oxygen atoms in total. The monoisotopic (exact) mass is 455 g/mol. The summed E-state index contributed by atoms with van der Waals surface area (Å²) < 4.78 is 19.0. The fraction of sp³-hybridized carbons (Fsp3) is 0.333. The van der Waals surface area contributed by atoms with Crippen LogP contribution in [0, 0.1) is 5.82 Å². The molecule has 3 aromatic rings. The number of ether oxygens (including phenoxy) is 1. The van der Waals surface area contributed by atoms with Gasteiger partial charge in [0.2, 0.25) is 5.91 Å². The standard InChI is InChI=1S/C24H26FN3O3S/c1-24(30)16-28(12-11-21(24)31-19-5-3-2-4-6-19)15-22(29)27-23-26-14-20(32-23)13-17-7-9-18(25)10-8-17/h2-10,14,21,30H,11-13,15-16H2,1H3,(H,26,27,29)/t21-,24-/m0/s1. The number of anilines is 1. The average Bonchev–Trinajstić information content (AvgIpc) is 3.18. The number of aliphatic hydroxyl groups is 1. The first-order chi connectivity index (χ1) is 15.4. The molecule has 2 atom stereocenters. The fourth-order valence-electron chi connectivity index (χ4n) is 3.84. The van der Waals surface area contributed by atoms with Gasteiger partial charge in [0.1, 0.15) is 23.3 Å². The number of amides is 1. The van der Waals surface area contributed by atoms with E-state index in [-0.39, 0.29) is 24.4 Å². The number of halogens is 1. The molecule has 4 rings (SSSR count). The van der Waals surface area contributed by atoms with Crippen molar-refractivity contribution in [1.29, 1.82) is 0 Å². The predicted octanol–water partition coefficient (Wildman–Crippen LogP) is 3.72. The summed E-state index contributed by atoms with van der Waals surface area (Å²) in [6.07, 6.45) is 2.64. The lowest BCUT2D eigenvalue weighted by atomic mass is 9.91. The first-order valence-corrected chi connectivity index (χ1v) is 11.3. The Morgan fingerprint density at radius 2 is 2.03 bits per heavy atom. The number of nitrogens with zero attached hydrogens (tertiary/aromatic N) is 2. The third kappa shape index (κ3) is 5.91. The molecule has 2 N–H and O–H groups in total. The Morgan fingerprint density at radius 3 is 2.75 bits per heavy atom. The van der Waals surface area contributed by atoms with E-state index >= 15 is 0 Å². The molecule has 0 spiro atoms. The van der Waals surface area contributed by atoms with Crippen molar-refractivity contribution in [1.82, 2.24) is 9.88 Å². The SMILES string of the molecule is C[C@]1(O)CN(CC(=O)Nc2ncc(Cc3ccc(F)cc3)s2)CC[C@@H]1Oc1ccccc1. The number of rotatable bonds is 7. The van der Waals surface area contributed by atoms with Crippen LogP contribution < -0.4 is 10.1 Å². The third-order valence-electron chi connectivity index (χ3n) is 5.43. The fourth-order valence-corrected chi connectivity index (χ4v) is 4.70. The zero-order valence-electron chi connectivity index (χ0n) is 17.8. The van der Waals surface area contributed by atoms with Crippen molar-refractivity contribution in [3.05, 3.63) is 77.1 Å². The molecule has 0 aliphatic carbocycles. The largest absolute Gasteiger partial charge is 0.487 e. The minimum absolute atomic E-state index is 0.168. The summed E-state index contributed by atoms with van der Waals surface area (Å²) in [5.74, 6) is 0.288. The molecule has 168 valence electrons. The summed E-state index contributed by atoms with van der Waals surface area (Å²) in [4.78, 5) is 19.7. The van der Waals surface area contributed by atoms with Gasteiger partial charge in [-0.1, -0.05) is 30.3 Å². The van der Waals surface area contributed by atoms with Crippen LogP contribution in [0.4, 0.5) is 9.52 Å². The second-order valence-corrected chi connectivity index (χ2v) is 9.37. The van der Waals surface area contributed by atoms with Gasteiger partial charge in [-0.15, -0.1) is 11.3 Å². The molecule has 0 saturated carbocycles. The maximum atomic E-state index is 13.0. The van der Waals surface area contributed by atoms with Crippen LogP contribution in [0.5, 0.6) is 5.75 Å². The number of β-amino-alcohol motifs (C(OH)–C–C–N with tert-alkyl or cyclic N) is 1. The summed E-state index contributed by atoms with van der Waals surface area (Å²) in [6.45, 7) is 2.90. The maximum absolute atomic E-state index is 13.0. The highest BCUT2D eigenvalue weighted by Gasteiger charge is 2.40. The molecule has 1 aromatic heterocycles. The number of carbonyl (C=O) groups is 1. The molecule has 1 fully saturated rings. The molecule has 32 heavy (non-hydrogen) atoms. The van der Waals surface area contributed by atoms with Crippen molar-refractivity contribution in [2.24, 2.45) is 0 Å². The number of likely N-dealkylation sites (tertiary alicyclic amines) is 1. The number of benzene rings is 2. The lowest BCUT2D eigenvalue weighted by molar-refractivity contribution is -0.123. The molecule has 2 aromatic carbocycles. The Hall–Kier alpha value is -2.81. The third-order valence-corrected chi connectivity index (χ3v) is 6.34. The first kappa shape index (κ1) is 22.4. The van der Waals surface area contributed by atoms with Gasteiger partial charge in [0, 0.05) is 30.6 Å². The highest BCUT2D eigenvalue weighted by Crippen LogP contribution is 2.26. The van der Waals surface area contributed by atoms with Crippen LogP contribution >= 0.6 is 11.3 Å². The minimum atomic E-state index is -1.07. The topological polar surface area (TPSA) is 74.7 Å². The number of nitrogens with one attached hydrogen (secondary N) is 1. The van der Waals surface area contributed by atoms with Crippen molar-refractivity contribution in [2.45, 2.75) is 31.5 Å². The molecule has 8 heteroatoms. The van der Waals surface area contributed by atoms with Gasteiger partial charge in [-0.2, -0.15) is 0 Å². The minimum Gasteiger partial charge on any atom is -0.487 e. The number of para-hydroxylation sites is 1. The van der Waals surface area contributed by atoms with Gasteiger partial charge >= 0.3 is 0 Å². The van der Waals surface area contributed by atoms with Crippen LogP contribution in [-0.4, -0.2) is 52.2 Å². The first-order valence-electron chi connectivity index (χ1n) is 10.5. The molecule has 1 aliphatic rings. The van der Waals surface area contributed by atoms with Gasteiger partial charge < -0.3 is 15.2 Å². The van der Waals surface area contributed by atoms with Gasteiger partial charge in [-0.05, 0) is 43.2 Å². The molecule has 0 radical (unpaired) electrons. The molecule has 1 aliphatic heterocycles. The zero-order chi connectivity index (χ0) is 22.6. The Kier molecular flexibility index (Phi) is 6.83. The van der Waals surface area contributed by atoms with E-state index in [1.807, 2.05) is 35.2 Å². The van der Waals surface area contributed by atoms with Gasteiger partial charge in [0.15, 0.2) is 5.13 Å². The van der Waals surface area contributed by atoms with Crippen molar-refractivity contribution in [3.63, 3.8) is 0 Å². The number of piperidine rings is 1. The lowest BCUT2D eigenvalue weighted by Gasteiger charge is -2.42. The van der Waals surface area contributed by atoms with E-state index in [0.717, 1.165) is 16.2 Å². The Morgan fingerprint density at radius 1 is 1.28 bits per heavy atom. The van der Waals surface area contributed by atoms with E-state index in [4.69, 9.17) is 4.74 Å². The van der Waals surface area contributed by atoms with Crippen LogP contribution in [0.15, 0.2) is 60.8 Å². The van der Waals surface area contributed by atoms with Crippen LogP contribution in [0.25, 0.3) is 0 Å².